The number of ether oxygens (including phenoxy) is 1. The molecule has 0 saturated carbocycles. The Morgan fingerprint density at radius 1 is 1.24 bits per heavy atom. The maximum Gasteiger partial charge on any atom is 0.138 e. The number of hydrogen-bond acceptors (Lipinski definition) is 2. The van der Waals surface area contributed by atoms with Crippen molar-refractivity contribution in [2.75, 3.05) is 0 Å². The van der Waals surface area contributed by atoms with Gasteiger partial charge in [-0.15, -0.1) is 0 Å². The van der Waals surface area contributed by atoms with Crippen molar-refractivity contribution in [3.63, 3.8) is 0 Å². The van der Waals surface area contributed by atoms with Gasteiger partial charge in [-0.2, -0.15) is 0 Å². The molecule has 1 aromatic carbocycles. The summed E-state index contributed by atoms with van der Waals surface area (Å²) < 4.78 is 5.61. The van der Waals surface area contributed by atoms with Gasteiger partial charge in [0.15, 0.2) is 0 Å². The Labute approximate surface area is 114 Å². The van der Waals surface area contributed by atoms with E-state index in [0.29, 0.717) is 6.61 Å². The van der Waals surface area contributed by atoms with E-state index in [-0.39, 0.29) is 0 Å². The van der Waals surface area contributed by atoms with E-state index in [0.717, 1.165) is 27.4 Å². The minimum absolute atomic E-state index is 0.496. The Hall–Kier alpha value is -1.06. The van der Waals surface area contributed by atoms with Crippen LogP contribution in [-0.2, 0) is 11.9 Å². The van der Waals surface area contributed by atoms with E-state index in [1.807, 2.05) is 36.4 Å². The highest BCUT2D eigenvalue weighted by atomic mass is 79.9. The Morgan fingerprint density at radius 3 is 2.76 bits per heavy atom. The van der Waals surface area contributed by atoms with E-state index in [2.05, 4.69) is 20.9 Å². The summed E-state index contributed by atoms with van der Waals surface area (Å²) in [5.41, 5.74) is 2.03. The molecular weight excluding hydrogens is 302 g/mol. The predicted molar refractivity (Wildman–Crippen MR) is 72.7 cm³/mol. The van der Waals surface area contributed by atoms with Gasteiger partial charge in [-0.1, -0.05) is 39.7 Å². The highest BCUT2D eigenvalue weighted by molar-refractivity contribution is 9.08. The SMILES string of the molecule is Clc1cccc(COc2ccc(CBr)nc2)c1. The number of pyridine rings is 1. The summed E-state index contributed by atoms with van der Waals surface area (Å²) in [4.78, 5) is 4.23. The van der Waals surface area contributed by atoms with Crippen LogP contribution in [0.4, 0.5) is 0 Å². The molecule has 17 heavy (non-hydrogen) atoms. The third-order valence-corrected chi connectivity index (χ3v) is 3.04. The summed E-state index contributed by atoms with van der Waals surface area (Å²) in [7, 11) is 0. The maximum absolute atomic E-state index is 5.89. The van der Waals surface area contributed by atoms with Crippen molar-refractivity contribution in [3.05, 3.63) is 58.9 Å². The van der Waals surface area contributed by atoms with Gasteiger partial charge in [0.25, 0.3) is 0 Å². The molecule has 0 N–H and O–H groups in total. The lowest BCUT2D eigenvalue weighted by atomic mass is 10.2. The van der Waals surface area contributed by atoms with Crippen molar-refractivity contribution in [3.8, 4) is 5.75 Å². The van der Waals surface area contributed by atoms with Gasteiger partial charge >= 0.3 is 0 Å². The number of benzene rings is 1. The molecule has 88 valence electrons. The molecule has 0 aliphatic carbocycles. The molecule has 0 spiro atoms. The summed E-state index contributed by atoms with van der Waals surface area (Å²) in [6.45, 7) is 0.496. The highest BCUT2D eigenvalue weighted by Crippen LogP contribution is 2.15. The largest absolute Gasteiger partial charge is 0.487 e. The van der Waals surface area contributed by atoms with Gasteiger partial charge in [-0.05, 0) is 29.8 Å². The molecule has 1 heterocycles. The van der Waals surface area contributed by atoms with Crippen molar-refractivity contribution in [1.29, 1.82) is 0 Å². The quantitative estimate of drug-likeness (QED) is 0.789. The van der Waals surface area contributed by atoms with Crippen LogP contribution in [0.5, 0.6) is 5.75 Å². The van der Waals surface area contributed by atoms with Crippen LogP contribution in [0, 0.1) is 0 Å². The van der Waals surface area contributed by atoms with Crippen LogP contribution in [0.3, 0.4) is 0 Å². The molecule has 0 radical (unpaired) electrons. The molecule has 0 amide bonds. The summed E-state index contributed by atoms with van der Waals surface area (Å²) >= 11 is 9.24. The van der Waals surface area contributed by atoms with E-state index in [4.69, 9.17) is 16.3 Å². The second kappa shape index (κ2) is 6.03. The normalized spacial score (nSPS) is 10.2. The number of halogens is 2. The number of hydrogen-bond donors (Lipinski definition) is 0. The number of alkyl halides is 1. The number of rotatable bonds is 4. The van der Waals surface area contributed by atoms with Gasteiger partial charge in [0.1, 0.15) is 12.4 Å². The van der Waals surface area contributed by atoms with Crippen molar-refractivity contribution in [2.24, 2.45) is 0 Å². The lowest BCUT2D eigenvalue weighted by Gasteiger charge is -2.06. The smallest absolute Gasteiger partial charge is 0.138 e. The van der Waals surface area contributed by atoms with Gasteiger partial charge in [0.2, 0.25) is 0 Å². The average Bonchev–Trinajstić information content (AvgIpc) is 2.37. The van der Waals surface area contributed by atoms with Crippen LogP contribution in [0.1, 0.15) is 11.3 Å². The molecule has 0 unspecified atom stereocenters. The van der Waals surface area contributed by atoms with E-state index >= 15 is 0 Å². The molecular formula is C13H11BrClNO. The molecule has 0 aliphatic heterocycles. The van der Waals surface area contributed by atoms with Crippen molar-refractivity contribution in [1.82, 2.24) is 4.98 Å². The van der Waals surface area contributed by atoms with Crippen LogP contribution >= 0.6 is 27.5 Å². The summed E-state index contributed by atoms with van der Waals surface area (Å²) in [6.07, 6.45) is 1.72. The van der Waals surface area contributed by atoms with Crippen LogP contribution in [0.15, 0.2) is 42.6 Å². The third-order valence-electron chi connectivity index (χ3n) is 2.23. The number of nitrogens with zero attached hydrogens (tertiary/aromatic N) is 1. The minimum atomic E-state index is 0.496. The first-order chi connectivity index (χ1) is 8.28. The fourth-order valence-corrected chi connectivity index (χ4v) is 1.91. The van der Waals surface area contributed by atoms with Crippen LogP contribution < -0.4 is 4.74 Å². The molecule has 1 aromatic heterocycles. The second-order valence-corrected chi connectivity index (χ2v) is 4.53. The van der Waals surface area contributed by atoms with Gasteiger partial charge in [-0.25, -0.2) is 0 Å². The Morgan fingerprint density at radius 2 is 2.12 bits per heavy atom. The van der Waals surface area contributed by atoms with Crippen LogP contribution in [0.2, 0.25) is 5.02 Å². The van der Waals surface area contributed by atoms with Gasteiger partial charge in [0, 0.05) is 10.4 Å². The Bertz CT molecular complexity index is 487. The molecule has 2 aromatic rings. The molecule has 2 nitrogen and oxygen atoms in total. The predicted octanol–water partition coefficient (Wildman–Crippen LogP) is 4.21. The minimum Gasteiger partial charge on any atom is -0.487 e. The van der Waals surface area contributed by atoms with E-state index in [1.54, 1.807) is 6.20 Å². The highest BCUT2D eigenvalue weighted by Gasteiger charge is 1.98. The fourth-order valence-electron chi connectivity index (χ4n) is 1.37. The maximum atomic E-state index is 5.89. The molecule has 4 heteroatoms. The zero-order chi connectivity index (χ0) is 12.1. The zero-order valence-corrected chi connectivity index (χ0v) is 11.4. The van der Waals surface area contributed by atoms with Crippen LogP contribution in [0.25, 0.3) is 0 Å². The molecule has 0 bridgehead atoms. The Kier molecular flexibility index (Phi) is 4.40. The summed E-state index contributed by atoms with van der Waals surface area (Å²) in [5.74, 6) is 0.759. The standard InChI is InChI=1S/C13H11BrClNO/c14-7-12-4-5-13(8-16-12)17-9-10-2-1-3-11(15)6-10/h1-6,8H,7,9H2. The van der Waals surface area contributed by atoms with Crippen molar-refractivity contribution < 1.29 is 4.74 Å². The lowest BCUT2D eigenvalue weighted by molar-refractivity contribution is 0.305. The average molecular weight is 313 g/mol. The molecule has 0 atom stereocenters. The van der Waals surface area contributed by atoms with Crippen molar-refractivity contribution >= 4 is 27.5 Å². The molecule has 2 rings (SSSR count). The van der Waals surface area contributed by atoms with E-state index in [9.17, 15) is 0 Å². The summed E-state index contributed by atoms with van der Waals surface area (Å²) in [5, 5.41) is 1.47. The number of aromatic nitrogens is 1. The molecule has 0 saturated heterocycles. The van der Waals surface area contributed by atoms with Gasteiger partial charge < -0.3 is 4.74 Å². The Balaban J connectivity index is 1.97. The van der Waals surface area contributed by atoms with Crippen molar-refractivity contribution in [2.45, 2.75) is 11.9 Å². The first-order valence-corrected chi connectivity index (χ1v) is 6.66. The fraction of sp³-hybridized carbons (Fsp3) is 0.154. The molecule has 0 fully saturated rings. The van der Waals surface area contributed by atoms with E-state index < -0.39 is 0 Å². The summed E-state index contributed by atoms with van der Waals surface area (Å²) in [6, 6.07) is 11.5. The first kappa shape index (κ1) is 12.4. The van der Waals surface area contributed by atoms with Crippen LogP contribution in [-0.4, -0.2) is 4.98 Å². The van der Waals surface area contributed by atoms with Gasteiger partial charge in [0.05, 0.1) is 11.9 Å². The third kappa shape index (κ3) is 3.72. The molecule has 0 aliphatic rings. The van der Waals surface area contributed by atoms with E-state index in [1.165, 1.54) is 0 Å². The monoisotopic (exact) mass is 311 g/mol. The van der Waals surface area contributed by atoms with Gasteiger partial charge in [-0.3, -0.25) is 4.98 Å². The lowest BCUT2D eigenvalue weighted by Crippen LogP contribution is -1.96. The first-order valence-electron chi connectivity index (χ1n) is 5.16. The topological polar surface area (TPSA) is 22.1 Å². The zero-order valence-electron chi connectivity index (χ0n) is 9.07. The second-order valence-electron chi connectivity index (χ2n) is 3.54.